The smallest absolute Gasteiger partial charge is 0.0632 e. The zero-order chi connectivity index (χ0) is 25.6. The highest BCUT2D eigenvalue weighted by molar-refractivity contribution is 4.93. The summed E-state index contributed by atoms with van der Waals surface area (Å²) in [6.07, 6.45) is 5.26. The van der Waals surface area contributed by atoms with Crippen LogP contribution in [-0.2, 0) is 9.47 Å². The van der Waals surface area contributed by atoms with Crippen molar-refractivity contribution in [1.29, 1.82) is 0 Å². The van der Waals surface area contributed by atoms with Crippen LogP contribution in [0.4, 0.5) is 0 Å². The van der Waals surface area contributed by atoms with Crippen molar-refractivity contribution in [3.63, 3.8) is 0 Å². The second-order valence-electron chi connectivity index (χ2n) is 13.4. The van der Waals surface area contributed by atoms with Gasteiger partial charge in [-0.3, -0.25) is 0 Å². The summed E-state index contributed by atoms with van der Waals surface area (Å²) in [7, 11) is 0. The van der Waals surface area contributed by atoms with E-state index in [1.807, 2.05) is 0 Å². The molecule has 4 atom stereocenters. The van der Waals surface area contributed by atoms with E-state index >= 15 is 0 Å². The quantitative estimate of drug-likeness (QED) is 0.264. The minimum atomic E-state index is -0.238. The van der Waals surface area contributed by atoms with Gasteiger partial charge in [0, 0.05) is 11.1 Å². The van der Waals surface area contributed by atoms with Crippen molar-refractivity contribution in [2.24, 2.45) is 34.6 Å². The Bertz CT molecular complexity index is 534. The molecule has 0 rings (SSSR count). The molecule has 4 N–H and O–H groups in total. The standard InChI is InChI=1S/C28H60N2O2/c1-14-27(13,30)23(6)18-32-25(9,10)20-28(15-2,16-21(3)4)19-24(7,8)31-17-22(5)26(11,12)29/h21-23H,14-20,29-30H2,1-13H3. The molecule has 0 aliphatic carbocycles. The molecule has 0 amide bonds. The molecule has 194 valence electrons. The lowest BCUT2D eigenvalue weighted by Gasteiger charge is -2.46. The number of hydrogen-bond donors (Lipinski definition) is 2. The fourth-order valence-corrected chi connectivity index (χ4v) is 4.83. The summed E-state index contributed by atoms with van der Waals surface area (Å²) in [5, 5.41) is 0. The van der Waals surface area contributed by atoms with Crippen LogP contribution in [0.5, 0.6) is 0 Å². The van der Waals surface area contributed by atoms with Crippen LogP contribution in [-0.4, -0.2) is 35.5 Å². The van der Waals surface area contributed by atoms with E-state index in [0.29, 0.717) is 31.0 Å². The Balaban J connectivity index is 5.47. The van der Waals surface area contributed by atoms with E-state index in [9.17, 15) is 0 Å². The zero-order valence-electron chi connectivity index (χ0n) is 24.2. The third-order valence-electron chi connectivity index (χ3n) is 7.80. The second-order valence-corrected chi connectivity index (χ2v) is 13.4. The third kappa shape index (κ3) is 11.3. The molecule has 0 saturated heterocycles. The Morgan fingerprint density at radius 2 is 1.06 bits per heavy atom. The number of rotatable bonds is 16. The van der Waals surface area contributed by atoms with Gasteiger partial charge in [0.1, 0.15) is 0 Å². The number of hydrogen-bond acceptors (Lipinski definition) is 4. The highest BCUT2D eigenvalue weighted by Gasteiger charge is 2.41. The summed E-state index contributed by atoms with van der Waals surface area (Å²) in [6, 6.07) is 0. The predicted octanol–water partition coefficient (Wildman–Crippen LogP) is 6.94. The normalized spacial score (nSPS) is 19.5. The van der Waals surface area contributed by atoms with Crippen molar-refractivity contribution in [2.45, 2.75) is 144 Å². The highest BCUT2D eigenvalue weighted by atomic mass is 16.5. The molecular formula is C28H60N2O2. The molecule has 0 aromatic rings. The average Bonchev–Trinajstić information content (AvgIpc) is 2.61. The molecule has 0 heterocycles. The molecular weight excluding hydrogens is 396 g/mol. The van der Waals surface area contributed by atoms with Crippen LogP contribution in [0.15, 0.2) is 0 Å². The molecule has 0 radical (unpaired) electrons. The molecule has 4 unspecified atom stereocenters. The van der Waals surface area contributed by atoms with Crippen molar-refractivity contribution >= 4 is 0 Å². The van der Waals surface area contributed by atoms with Crippen molar-refractivity contribution in [3.05, 3.63) is 0 Å². The van der Waals surface area contributed by atoms with E-state index in [2.05, 4.69) is 90.0 Å². The molecule has 0 spiro atoms. The molecule has 0 aromatic carbocycles. The minimum absolute atomic E-state index is 0.155. The molecule has 0 aliphatic heterocycles. The number of nitrogens with two attached hydrogens (primary N) is 2. The van der Waals surface area contributed by atoms with Crippen LogP contribution in [0.2, 0.25) is 0 Å². The van der Waals surface area contributed by atoms with Crippen molar-refractivity contribution in [1.82, 2.24) is 0 Å². The van der Waals surface area contributed by atoms with Crippen LogP contribution in [0.3, 0.4) is 0 Å². The first kappa shape index (κ1) is 31.8. The Morgan fingerprint density at radius 3 is 1.38 bits per heavy atom. The van der Waals surface area contributed by atoms with Crippen LogP contribution >= 0.6 is 0 Å². The molecule has 32 heavy (non-hydrogen) atoms. The predicted molar refractivity (Wildman–Crippen MR) is 141 cm³/mol. The summed E-state index contributed by atoms with van der Waals surface area (Å²) in [4.78, 5) is 0. The Hall–Kier alpha value is -0.160. The van der Waals surface area contributed by atoms with E-state index in [-0.39, 0.29) is 27.7 Å². The van der Waals surface area contributed by atoms with Gasteiger partial charge in [0.25, 0.3) is 0 Å². The molecule has 0 saturated carbocycles. The maximum atomic E-state index is 6.54. The van der Waals surface area contributed by atoms with E-state index in [1.54, 1.807) is 0 Å². The highest BCUT2D eigenvalue weighted by Crippen LogP contribution is 2.46. The second kappa shape index (κ2) is 12.0. The summed E-state index contributed by atoms with van der Waals surface area (Å²) < 4.78 is 13.0. The third-order valence-corrected chi connectivity index (χ3v) is 7.80. The molecule has 0 bridgehead atoms. The lowest BCUT2D eigenvalue weighted by atomic mass is 9.66. The van der Waals surface area contributed by atoms with Crippen molar-refractivity contribution in [3.8, 4) is 0 Å². The van der Waals surface area contributed by atoms with Gasteiger partial charge in [-0.15, -0.1) is 0 Å². The first-order valence-corrected chi connectivity index (χ1v) is 13.1. The lowest BCUT2D eigenvalue weighted by molar-refractivity contribution is -0.108. The van der Waals surface area contributed by atoms with Gasteiger partial charge in [-0.1, -0.05) is 48.0 Å². The lowest BCUT2D eigenvalue weighted by Crippen LogP contribution is -2.47. The van der Waals surface area contributed by atoms with Gasteiger partial charge in [-0.05, 0) is 97.3 Å². The van der Waals surface area contributed by atoms with Gasteiger partial charge in [-0.2, -0.15) is 0 Å². The average molecular weight is 457 g/mol. The van der Waals surface area contributed by atoms with Gasteiger partial charge in [0.15, 0.2) is 0 Å². The largest absolute Gasteiger partial charge is 0.375 e. The summed E-state index contributed by atoms with van der Waals surface area (Å²) in [5.41, 5.74) is 12.1. The Labute approximate surface area is 201 Å². The van der Waals surface area contributed by atoms with Crippen LogP contribution in [0.25, 0.3) is 0 Å². The van der Waals surface area contributed by atoms with Crippen LogP contribution in [0.1, 0.15) is 122 Å². The van der Waals surface area contributed by atoms with Gasteiger partial charge in [-0.25, -0.2) is 0 Å². The maximum Gasteiger partial charge on any atom is 0.0632 e. The van der Waals surface area contributed by atoms with Gasteiger partial charge >= 0.3 is 0 Å². The van der Waals surface area contributed by atoms with E-state index < -0.39 is 0 Å². The number of ether oxygens (including phenoxy) is 2. The van der Waals surface area contributed by atoms with Gasteiger partial charge in [0.2, 0.25) is 0 Å². The SMILES string of the molecule is CCC(CC(C)C)(CC(C)(C)OCC(C)C(C)(C)N)CC(C)(C)OCC(C)C(C)(N)CC. The van der Waals surface area contributed by atoms with Crippen LogP contribution < -0.4 is 11.5 Å². The summed E-state index contributed by atoms with van der Waals surface area (Å²) in [5.74, 6) is 1.23. The Morgan fingerprint density at radius 1 is 0.656 bits per heavy atom. The van der Waals surface area contributed by atoms with E-state index in [4.69, 9.17) is 20.9 Å². The fourth-order valence-electron chi connectivity index (χ4n) is 4.83. The molecule has 0 aliphatic rings. The summed E-state index contributed by atoms with van der Waals surface area (Å²) in [6.45, 7) is 30.2. The fraction of sp³-hybridized carbons (Fsp3) is 1.00. The van der Waals surface area contributed by atoms with Crippen molar-refractivity contribution in [2.75, 3.05) is 13.2 Å². The zero-order valence-corrected chi connectivity index (χ0v) is 24.2. The molecule has 4 nitrogen and oxygen atoms in total. The van der Waals surface area contributed by atoms with Crippen molar-refractivity contribution < 1.29 is 9.47 Å². The molecule has 4 heteroatoms. The van der Waals surface area contributed by atoms with Crippen LogP contribution in [0, 0.1) is 23.2 Å². The summed E-state index contributed by atoms with van der Waals surface area (Å²) >= 11 is 0. The molecule has 0 aromatic heterocycles. The first-order chi connectivity index (χ1) is 14.2. The van der Waals surface area contributed by atoms with Gasteiger partial charge in [0.05, 0.1) is 24.4 Å². The van der Waals surface area contributed by atoms with Gasteiger partial charge < -0.3 is 20.9 Å². The van der Waals surface area contributed by atoms with E-state index in [0.717, 1.165) is 25.7 Å². The Kier molecular flexibility index (Phi) is 11.9. The molecule has 0 fully saturated rings. The monoisotopic (exact) mass is 456 g/mol. The minimum Gasteiger partial charge on any atom is -0.375 e. The van der Waals surface area contributed by atoms with E-state index in [1.165, 1.54) is 6.42 Å². The topological polar surface area (TPSA) is 70.5 Å². The first-order valence-electron chi connectivity index (χ1n) is 13.1. The maximum absolute atomic E-state index is 6.54.